The molecule has 0 aliphatic heterocycles. The smallest absolute Gasteiger partial charge is 0.200 e. The van der Waals surface area contributed by atoms with Gasteiger partial charge in [-0.25, -0.2) is 9.67 Å². The second-order valence-corrected chi connectivity index (χ2v) is 4.36. The van der Waals surface area contributed by atoms with Crippen LogP contribution in [0.5, 0.6) is 0 Å². The van der Waals surface area contributed by atoms with Gasteiger partial charge >= 0.3 is 0 Å². The number of anilines is 1. The monoisotopic (exact) mass is 279 g/mol. The van der Waals surface area contributed by atoms with Crippen molar-refractivity contribution in [1.82, 2.24) is 40.0 Å². The SMILES string of the molecule is Nc1cccc(-c2ncn(-c3ccc4nnnn4n3)n2)c1. The molecule has 3 aromatic heterocycles. The van der Waals surface area contributed by atoms with Gasteiger partial charge in [0.1, 0.15) is 6.33 Å². The lowest BCUT2D eigenvalue weighted by molar-refractivity contribution is 0.702. The highest BCUT2D eigenvalue weighted by Crippen LogP contribution is 2.17. The van der Waals surface area contributed by atoms with Crippen molar-refractivity contribution in [3.8, 4) is 17.2 Å². The first-order chi connectivity index (χ1) is 10.3. The summed E-state index contributed by atoms with van der Waals surface area (Å²) >= 11 is 0. The number of benzene rings is 1. The quantitative estimate of drug-likeness (QED) is 0.527. The fourth-order valence-corrected chi connectivity index (χ4v) is 1.95. The first-order valence-corrected chi connectivity index (χ1v) is 6.13. The molecule has 0 radical (unpaired) electrons. The zero-order chi connectivity index (χ0) is 14.2. The van der Waals surface area contributed by atoms with Crippen molar-refractivity contribution in [1.29, 1.82) is 0 Å². The average molecular weight is 279 g/mol. The third kappa shape index (κ3) is 1.96. The number of rotatable bonds is 2. The van der Waals surface area contributed by atoms with Gasteiger partial charge in [0.25, 0.3) is 0 Å². The Morgan fingerprint density at radius 1 is 1.05 bits per heavy atom. The highest BCUT2D eigenvalue weighted by Gasteiger charge is 2.08. The van der Waals surface area contributed by atoms with Gasteiger partial charge in [-0.2, -0.15) is 0 Å². The van der Waals surface area contributed by atoms with Crippen molar-refractivity contribution in [3.63, 3.8) is 0 Å². The van der Waals surface area contributed by atoms with E-state index in [1.807, 2.05) is 24.3 Å². The van der Waals surface area contributed by atoms with Gasteiger partial charge < -0.3 is 5.73 Å². The van der Waals surface area contributed by atoms with Crippen LogP contribution in [0.15, 0.2) is 42.7 Å². The number of hydrogen-bond donors (Lipinski definition) is 1. The fourth-order valence-electron chi connectivity index (χ4n) is 1.95. The summed E-state index contributed by atoms with van der Waals surface area (Å²) in [4.78, 5) is 4.27. The summed E-state index contributed by atoms with van der Waals surface area (Å²) in [6, 6.07) is 10.9. The van der Waals surface area contributed by atoms with Gasteiger partial charge in [-0.15, -0.1) is 19.9 Å². The number of aromatic nitrogens is 8. The maximum atomic E-state index is 5.76. The lowest BCUT2D eigenvalue weighted by atomic mass is 10.2. The fraction of sp³-hybridized carbons (Fsp3) is 0. The predicted octanol–water partition coefficient (Wildman–Crippen LogP) is 0.349. The van der Waals surface area contributed by atoms with E-state index in [1.54, 1.807) is 23.1 Å². The molecule has 1 aromatic carbocycles. The van der Waals surface area contributed by atoms with Crippen LogP contribution in [0.2, 0.25) is 0 Å². The number of fused-ring (bicyclic) bond motifs is 1. The van der Waals surface area contributed by atoms with E-state index in [1.165, 1.54) is 4.63 Å². The molecule has 0 unspecified atom stereocenters. The third-order valence-corrected chi connectivity index (χ3v) is 2.93. The molecule has 0 aliphatic carbocycles. The van der Waals surface area contributed by atoms with E-state index in [-0.39, 0.29) is 0 Å². The Morgan fingerprint density at radius 3 is 2.90 bits per heavy atom. The van der Waals surface area contributed by atoms with Crippen LogP contribution >= 0.6 is 0 Å². The van der Waals surface area contributed by atoms with Gasteiger partial charge in [0.05, 0.1) is 0 Å². The zero-order valence-corrected chi connectivity index (χ0v) is 10.7. The van der Waals surface area contributed by atoms with Crippen molar-refractivity contribution in [2.24, 2.45) is 0 Å². The number of nitrogens with zero attached hydrogens (tertiary/aromatic N) is 8. The maximum absolute atomic E-state index is 5.76. The topological polar surface area (TPSA) is 113 Å². The van der Waals surface area contributed by atoms with E-state index in [4.69, 9.17) is 5.73 Å². The minimum absolute atomic E-state index is 0.565. The Morgan fingerprint density at radius 2 is 2.00 bits per heavy atom. The van der Waals surface area contributed by atoms with Gasteiger partial charge in [0.15, 0.2) is 17.3 Å². The Hall–Kier alpha value is -3.36. The molecule has 9 heteroatoms. The average Bonchev–Trinajstić information content (AvgIpc) is 3.15. The molecule has 0 atom stereocenters. The molecule has 0 amide bonds. The minimum Gasteiger partial charge on any atom is -0.399 e. The Balaban J connectivity index is 1.76. The van der Waals surface area contributed by atoms with Crippen molar-refractivity contribution in [2.45, 2.75) is 0 Å². The molecule has 2 N–H and O–H groups in total. The molecule has 0 spiro atoms. The van der Waals surface area contributed by atoms with E-state index >= 15 is 0 Å². The van der Waals surface area contributed by atoms with Crippen LogP contribution in [0, 0.1) is 0 Å². The Bertz CT molecular complexity index is 923. The molecule has 0 saturated heterocycles. The normalized spacial score (nSPS) is 11.0. The van der Waals surface area contributed by atoms with E-state index in [2.05, 4.69) is 30.7 Å². The van der Waals surface area contributed by atoms with E-state index in [9.17, 15) is 0 Å². The molecule has 21 heavy (non-hydrogen) atoms. The summed E-state index contributed by atoms with van der Waals surface area (Å²) in [5.41, 5.74) is 7.84. The minimum atomic E-state index is 0.565. The van der Waals surface area contributed by atoms with Crippen LogP contribution in [-0.2, 0) is 0 Å². The summed E-state index contributed by atoms with van der Waals surface area (Å²) in [5.74, 6) is 1.14. The number of tetrazole rings is 1. The Kier molecular flexibility index (Phi) is 2.37. The van der Waals surface area contributed by atoms with Crippen molar-refractivity contribution in [3.05, 3.63) is 42.7 Å². The van der Waals surface area contributed by atoms with Crippen LogP contribution in [0.3, 0.4) is 0 Å². The molecular formula is C12H9N9. The van der Waals surface area contributed by atoms with E-state index in [0.29, 0.717) is 23.0 Å². The van der Waals surface area contributed by atoms with Crippen molar-refractivity contribution >= 4 is 11.3 Å². The molecule has 102 valence electrons. The molecule has 0 bridgehead atoms. The van der Waals surface area contributed by atoms with Gasteiger partial charge in [0.2, 0.25) is 0 Å². The van der Waals surface area contributed by atoms with Crippen molar-refractivity contribution < 1.29 is 0 Å². The summed E-state index contributed by atoms with van der Waals surface area (Å²) in [5, 5.41) is 19.7. The van der Waals surface area contributed by atoms with Crippen LogP contribution < -0.4 is 5.73 Å². The van der Waals surface area contributed by atoms with Crippen LogP contribution in [0.4, 0.5) is 5.69 Å². The number of nitrogens with two attached hydrogens (primary N) is 1. The first kappa shape index (κ1) is 11.5. The largest absolute Gasteiger partial charge is 0.399 e. The van der Waals surface area contributed by atoms with Crippen LogP contribution in [0.25, 0.3) is 22.9 Å². The summed E-state index contributed by atoms with van der Waals surface area (Å²) < 4.78 is 2.89. The second-order valence-electron chi connectivity index (χ2n) is 4.36. The zero-order valence-electron chi connectivity index (χ0n) is 10.7. The molecule has 4 rings (SSSR count). The highest BCUT2D eigenvalue weighted by atomic mass is 15.6. The molecule has 9 nitrogen and oxygen atoms in total. The van der Waals surface area contributed by atoms with Gasteiger partial charge in [0, 0.05) is 11.3 Å². The molecule has 4 aromatic rings. The molecule has 0 saturated carbocycles. The second kappa shape index (κ2) is 4.34. The van der Waals surface area contributed by atoms with Gasteiger partial charge in [-0.3, -0.25) is 0 Å². The molecule has 0 fully saturated rings. The lowest BCUT2D eigenvalue weighted by Gasteiger charge is -1.99. The highest BCUT2D eigenvalue weighted by molar-refractivity contribution is 5.60. The lowest BCUT2D eigenvalue weighted by Crippen LogP contribution is -2.03. The van der Waals surface area contributed by atoms with E-state index < -0.39 is 0 Å². The number of hydrogen-bond acceptors (Lipinski definition) is 7. The molecule has 0 aliphatic rings. The van der Waals surface area contributed by atoms with Crippen LogP contribution in [-0.4, -0.2) is 40.0 Å². The molecular weight excluding hydrogens is 270 g/mol. The predicted molar refractivity (Wildman–Crippen MR) is 73.3 cm³/mol. The summed E-state index contributed by atoms with van der Waals surface area (Å²) in [6.07, 6.45) is 1.58. The van der Waals surface area contributed by atoms with Crippen molar-refractivity contribution in [2.75, 3.05) is 5.73 Å². The number of nitrogen functional groups attached to an aromatic ring is 1. The van der Waals surface area contributed by atoms with E-state index in [0.717, 1.165) is 5.56 Å². The maximum Gasteiger partial charge on any atom is 0.200 e. The first-order valence-electron chi connectivity index (χ1n) is 6.13. The third-order valence-electron chi connectivity index (χ3n) is 2.93. The van der Waals surface area contributed by atoms with Gasteiger partial charge in [-0.1, -0.05) is 12.1 Å². The Labute approximate surface area is 118 Å². The van der Waals surface area contributed by atoms with Gasteiger partial charge in [-0.05, 0) is 34.7 Å². The summed E-state index contributed by atoms with van der Waals surface area (Å²) in [6.45, 7) is 0. The standard InChI is InChI=1S/C12H9N9/c13-9-3-1-2-8(6-9)12-14-7-20(17-12)11-5-4-10-15-18-19-21(10)16-11/h1-7H,13H2. The van der Waals surface area contributed by atoms with Crippen LogP contribution in [0.1, 0.15) is 0 Å². The molecule has 3 heterocycles. The summed E-state index contributed by atoms with van der Waals surface area (Å²) in [7, 11) is 0.